The highest BCUT2D eigenvalue weighted by molar-refractivity contribution is 7.98. The summed E-state index contributed by atoms with van der Waals surface area (Å²) in [7, 11) is 0. The second-order valence-electron chi connectivity index (χ2n) is 6.98. The van der Waals surface area contributed by atoms with E-state index in [9.17, 15) is 0 Å². The first-order chi connectivity index (χ1) is 13.8. The lowest BCUT2D eigenvalue weighted by molar-refractivity contribution is 0.461. The van der Waals surface area contributed by atoms with Crippen molar-refractivity contribution in [1.82, 2.24) is 15.0 Å². The molecular formula is C22H25N5S. The molecule has 0 saturated heterocycles. The molecule has 5 nitrogen and oxygen atoms in total. The molecule has 0 bridgehead atoms. The maximum atomic E-state index is 4.75. The lowest BCUT2D eigenvalue weighted by Gasteiger charge is -2.23. The zero-order chi connectivity index (χ0) is 19.2. The Balaban J connectivity index is 1.67. The summed E-state index contributed by atoms with van der Waals surface area (Å²) in [6.45, 7) is 0. The van der Waals surface area contributed by atoms with Crippen LogP contribution in [0.1, 0.15) is 32.1 Å². The second kappa shape index (κ2) is 9.06. The van der Waals surface area contributed by atoms with E-state index in [-0.39, 0.29) is 0 Å². The third kappa shape index (κ3) is 4.62. The zero-order valence-electron chi connectivity index (χ0n) is 16.1. The van der Waals surface area contributed by atoms with Gasteiger partial charge in [-0.3, -0.25) is 4.98 Å². The highest BCUT2D eigenvalue weighted by Crippen LogP contribution is 2.29. The molecule has 1 aliphatic rings. The van der Waals surface area contributed by atoms with Crippen LogP contribution in [0.4, 0.5) is 17.5 Å². The van der Waals surface area contributed by atoms with Crippen molar-refractivity contribution in [3.8, 4) is 11.4 Å². The van der Waals surface area contributed by atoms with Gasteiger partial charge in [0.05, 0.1) is 17.1 Å². The molecule has 2 heterocycles. The normalized spacial score (nSPS) is 14.6. The molecule has 28 heavy (non-hydrogen) atoms. The van der Waals surface area contributed by atoms with E-state index in [0.717, 1.165) is 22.9 Å². The van der Waals surface area contributed by atoms with Gasteiger partial charge < -0.3 is 10.6 Å². The van der Waals surface area contributed by atoms with Crippen LogP contribution in [-0.2, 0) is 0 Å². The first-order valence-corrected chi connectivity index (χ1v) is 11.0. The molecule has 0 aliphatic heterocycles. The predicted molar refractivity (Wildman–Crippen MR) is 117 cm³/mol. The number of aromatic nitrogens is 3. The molecule has 2 N–H and O–H groups in total. The van der Waals surface area contributed by atoms with Crippen molar-refractivity contribution in [3.63, 3.8) is 0 Å². The van der Waals surface area contributed by atoms with Gasteiger partial charge in [-0.1, -0.05) is 37.5 Å². The van der Waals surface area contributed by atoms with Gasteiger partial charge in [0.15, 0.2) is 0 Å². The lowest BCUT2D eigenvalue weighted by Crippen LogP contribution is -2.23. The molecule has 0 unspecified atom stereocenters. The Morgan fingerprint density at radius 3 is 2.54 bits per heavy atom. The van der Waals surface area contributed by atoms with Crippen LogP contribution in [0, 0.1) is 0 Å². The van der Waals surface area contributed by atoms with Crippen LogP contribution in [0.5, 0.6) is 0 Å². The van der Waals surface area contributed by atoms with Gasteiger partial charge in [-0.15, -0.1) is 11.8 Å². The largest absolute Gasteiger partial charge is 0.351 e. The van der Waals surface area contributed by atoms with Gasteiger partial charge in [0.2, 0.25) is 5.95 Å². The fraction of sp³-hybridized carbons (Fsp3) is 0.318. The van der Waals surface area contributed by atoms with Crippen LogP contribution < -0.4 is 10.6 Å². The highest BCUT2D eigenvalue weighted by Gasteiger charge is 2.16. The molecule has 0 amide bonds. The molecule has 1 aromatic carbocycles. The van der Waals surface area contributed by atoms with Crippen molar-refractivity contribution in [2.75, 3.05) is 16.9 Å². The van der Waals surface area contributed by atoms with E-state index < -0.39 is 0 Å². The minimum atomic E-state index is 0.444. The summed E-state index contributed by atoms with van der Waals surface area (Å²) in [6, 6.07) is 16.5. The van der Waals surface area contributed by atoms with Crippen LogP contribution >= 0.6 is 11.8 Å². The van der Waals surface area contributed by atoms with E-state index >= 15 is 0 Å². The van der Waals surface area contributed by atoms with Crippen molar-refractivity contribution in [1.29, 1.82) is 0 Å². The molecular weight excluding hydrogens is 366 g/mol. The molecule has 6 heteroatoms. The number of para-hydroxylation sites is 1. The second-order valence-corrected chi connectivity index (χ2v) is 7.83. The Hall–Kier alpha value is -2.60. The van der Waals surface area contributed by atoms with Gasteiger partial charge in [-0.2, -0.15) is 4.98 Å². The van der Waals surface area contributed by atoms with Gasteiger partial charge in [0.1, 0.15) is 5.82 Å². The van der Waals surface area contributed by atoms with Crippen LogP contribution in [0.2, 0.25) is 0 Å². The van der Waals surface area contributed by atoms with Crippen LogP contribution in [-0.4, -0.2) is 27.2 Å². The van der Waals surface area contributed by atoms with Crippen molar-refractivity contribution in [2.24, 2.45) is 0 Å². The molecule has 3 aromatic rings. The molecule has 2 aromatic heterocycles. The molecule has 144 valence electrons. The van der Waals surface area contributed by atoms with E-state index in [4.69, 9.17) is 9.97 Å². The Bertz CT molecular complexity index is 910. The standard InChI is InChI=1S/C22H25N5S/c1-28-20-13-6-5-12-18(20)25-21-15-19(17-11-7-8-14-23-17)26-22(27-21)24-16-9-3-2-4-10-16/h5-8,11-16H,2-4,9-10H2,1H3,(H2,24,25,26,27). The Morgan fingerprint density at radius 2 is 1.75 bits per heavy atom. The van der Waals surface area contributed by atoms with Gasteiger partial charge in [-0.05, 0) is 43.4 Å². The minimum Gasteiger partial charge on any atom is -0.351 e. The monoisotopic (exact) mass is 391 g/mol. The number of nitrogens with one attached hydrogen (secondary N) is 2. The van der Waals surface area contributed by atoms with E-state index in [1.165, 1.54) is 37.0 Å². The van der Waals surface area contributed by atoms with E-state index in [0.29, 0.717) is 12.0 Å². The van der Waals surface area contributed by atoms with E-state index in [1.54, 1.807) is 18.0 Å². The number of pyridine rings is 1. The van der Waals surface area contributed by atoms with Crippen molar-refractivity contribution >= 4 is 29.2 Å². The number of hydrogen-bond donors (Lipinski definition) is 2. The quantitative estimate of drug-likeness (QED) is 0.522. The lowest BCUT2D eigenvalue weighted by atomic mass is 9.96. The summed E-state index contributed by atoms with van der Waals surface area (Å²) in [4.78, 5) is 15.2. The summed E-state index contributed by atoms with van der Waals surface area (Å²) < 4.78 is 0. The van der Waals surface area contributed by atoms with E-state index in [2.05, 4.69) is 34.0 Å². The number of rotatable bonds is 6. The highest BCUT2D eigenvalue weighted by atomic mass is 32.2. The molecule has 0 radical (unpaired) electrons. The third-order valence-electron chi connectivity index (χ3n) is 4.96. The van der Waals surface area contributed by atoms with Gasteiger partial charge in [0, 0.05) is 23.2 Å². The molecule has 1 saturated carbocycles. The Labute approximate surface area is 170 Å². The smallest absolute Gasteiger partial charge is 0.225 e. The maximum Gasteiger partial charge on any atom is 0.225 e. The van der Waals surface area contributed by atoms with Gasteiger partial charge in [-0.25, -0.2) is 4.98 Å². The summed E-state index contributed by atoms with van der Waals surface area (Å²) in [5, 5.41) is 7.02. The number of hydrogen-bond acceptors (Lipinski definition) is 6. The van der Waals surface area contributed by atoms with Crippen LogP contribution in [0.15, 0.2) is 59.6 Å². The molecule has 0 atom stereocenters. The number of thioether (sulfide) groups is 1. The summed E-state index contributed by atoms with van der Waals surface area (Å²) in [5.74, 6) is 1.44. The first kappa shape index (κ1) is 18.7. The zero-order valence-corrected chi connectivity index (χ0v) is 16.9. The topological polar surface area (TPSA) is 62.7 Å². The average Bonchev–Trinajstić information content (AvgIpc) is 2.75. The predicted octanol–water partition coefficient (Wildman–Crippen LogP) is 5.75. The third-order valence-corrected chi connectivity index (χ3v) is 5.76. The van der Waals surface area contributed by atoms with Crippen LogP contribution in [0.3, 0.4) is 0 Å². The molecule has 4 rings (SSSR count). The average molecular weight is 392 g/mol. The molecule has 0 spiro atoms. The Kier molecular flexibility index (Phi) is 6.07. The Morgan fingerprint density at radius 1 is 0.929 bits per heavy atom. The number of anilines is 3. The van der Waals surface area contributed by atoms with Crippen LogP contribution in [0.25, 0.3) is 11.4 Å². The van der Waals surface area contributed by atoms with Crippen molar-refractivity contribution in [3.05, 3.63) is 54.7 Å². The number of nitrogens with zero attached hydrogens (tertiary/aromatic N) is 3. The fourth-order valence-corrected chi connectivity index (χ4v) is 4.09. The fourth-order valence-electron chi connectivity index (χ4n) is 3.54. The molecule has 1 fully saturated rings. The van der Waals surface area contributed by atoms with Crippen molar-refractivity contribution < 1.29 is 0 Å². The van der Waals surface area contributed by atoms with Crippen molar-refractivity contribution in [2.45, 2.75) is 43.0 Å². The summed E-state index contributed by atoms with van der Waals surface area (Å²) in [6.07, 6.45) is 10.1. The summed E-state index contributed by atoms with van der Waals surface area (Å²) in [5.41, 5.74) is 2.71. The number of benzene rings is 1. The van der Waals surface area contributed by atoms with Gasteiger partial charge >= 0.3 is 0 Å². The maximum absolute atomic E-state index is 4.75. The molecule has 1 aliphatic carbocycles. The first-order valence-electron chi connectivity index (χ1n) is 9.79. The minimum absolute atomic E-state index is 0.444. The summed E-state index contributed by atoms with van der Waals surface area (Å²) >= 11 is 1.71. The van der Waals surface area contributed by atoms with Gasteiger partial charge in [0.25, 0.3) is 0 Å². The van der Waals surface area contributed by atoms with E-state index in [1.807, 2.05) is 36.4 Å². The SMILES string of the molecule is CSc1ccccc1Nc1cc(-c2ccccn2)nc(NC2CCCCC2)n1.